The smallest absolute Gasteiger partial charge is 0.258 e. The minimum atomic E-state index is -0.202. The zero-order chi connectivity index (χ0) is 16.5. The van der Waals surface area contributed by atoms with Crippen molar-refractivity contribution in [1.29, 1.82) is 0 Å². The molecule has 0 aliphatic heterocycles. The van der Waals surface area contributed by atoms with Crippen LogP contribution in [0.5, 0.6) is 0 Å². The number of imidazole rings is 1. The van der Waals surface area contributed by atoms with Gasteiger partial charge in [-0.25, -0.2) is 4.98 Å². The number of pyridine rings is 1. The van der Waals surface area contributed by atoms with Gasteiger partial charge in [-0.05, 0) is 42.8 Å². The van der Waals surface area contributed by atoms with Crippen LogP contribution in [0, 0.1) is 6.92 Å². The zero-order valence-electron chi connectivity index (χ0n) is 13.1. The van der Waals surface area contributed by atoms with Crippen molar-refractivity contribution >= 4 is 17.2 Å². The van der Waals surface area contributed by atoms with Gasteiger partial charge in [0.05, 0.1) is 17.5 Å². The largest absolute Gasteiger partial charge is 0.472 e. The van der Waals surface area contributed by atoms with Crippen molar-refractivity contribution in [3.05, 3.63) is 78.5 Å². The molecule has 1 amide bonds. The molecule has 0 bridgehead atoms. The van der Waals surface area contributed by atoms with Gasteiger partial charge >= 0.3 is 0 Å². The van der Waals surface area contributed by atoms with Gasteiger partial charge in [-0.15, -0.1) is 0 Å². The highest BCUT2D eigenvalue weighted by molar-refractivity contribution is 6.04. The molecule has 3 aromatic heterocycles. The van der Waals surface area contributed by atoms with Crippen molar-refractivity contribution in [2.45, 2.75) is 6.92 Å². The maximum absolute atomic E-state index is 12.1. The van der Waals surface area contributed by atoms with Crippen LogP contribution in [0.2, 0.25) is 0 Å². The molecule has 0 saturated heterocycles. The maximum atomic E-state index is 12.1. The summed E-state index contributed by atoms with van der Waals surface area (Å²) in [5.74, 6) is -0.202. The van der Waals surface area contributed by atoms with Crippen LogP contribution in [-0.2, 0) is 0 Å². The fourth-order valence-corrected chi connectivity index (χ4v) is 2.58. The highest BCUT2D eigenvalue weighted by atomic mass is 16.3. The van der Waals surface area contributed by atoms with E-state index in [1.54, 1.807) is 6.07 Å². The quantitative estimate of drug-likeness (QED) is 0.617. The minimum absolute atomic E-state index is 0.202. The van der Waals surface area contributed by atoms with E-state index in [-0.39, 0.29) is 5.91 Å². The number of aryl methyl sites for hydroxylation is 1. The number of benzene rings is 1. The monoisotopic (exact) mass is 317 g/mol. The lowest BCUT2D eigenvalue weighted by Gasteiger charge is -2.05. The second-order valence-corrected chi connectivity index (χ2v) is 5.64. The van der Waals surface area contributed by atoms with Crippen LogP contribution in [-0.4, -0.2) is 15.3 Å². The average Bonchev–Trinajstić information content (AvgIpc) is 3.24. The fourth-order valence-electron chi connectivity index (χ4n) is 2.58. The third kappa shape index (κ3) is 2.67. The molecule has 4 aromatic rings. The summed E-state index contributed by atoms with van der Waals surface area (Å²) >= 11 is 0. The van der Waals surface area contributed by atoms with Crippen LogP contribution in [0.3, 0.4) is 0 Å². The van der Waals surface area contributed by atoms with E-state index in [0.717, 1.165) is 16.9 Å². The van der Waals surface area contributed by atoms with Crippen LogP contribution < -0.4 is 5.32 Å². The second-order valence-electron chi connectivity index (χ2n) is 5.64. The summed E-state index contributed by atoms with van der Waals surface area (Å²) in [7, 11) is 0. The molecule has 0 fully saturated rings. The number of nitrogens with zero attached hydrogens (tertiary/aromatic N) is 2. The Morgan fingerprint density at radius 1 is 1.21 bits per heavy atom. The number of hydrogen-bond donors (Lipinski definition) is 1. The first-order valence-electron chi connectivity index (χ1n) is 7.58. The number of amides is 1. The van der Waals surface area contributed by atoms with Gasteiger partial charge in [-0.3, -0.25) is 4.79 Å². The lowest BCUT2D eigenvalue weighted by Crippen LogP contribution is -2.10. The molecule has 0 unspecified atom stereocenters. The highest BCUT2D eigenvalue weighted by Gasteiger charge is 2.09. The van der Waals surface area contributed by atoms with Gasteiger partial charge in [-0.2, -0.15) is 0 Å². The molecule has 4 rings (SSSR count). The molecular formula is C19H15N3O2. The minimum Gasteiger partial charge on any atom is -0.472 e. The molecule has 3 heterocycles. The van der Waals surface area contributed by atoms with Gasteiger partial charge in [0.25, 0.3) is 5.91 Å². The Morgan fingerprint density at radius 2 is 2.12 bits per heavy atom. The van der Waals surface area contributed by atoms with Crippen molar-refractivity contribution in [2.24, 2.45) is 0 Å². The van der Waals surface area contributed by atoms with E-state index in [4.69, 9.17) is 4.42 Å². The van der Waals surface area contributed by atoms with Gasteiger partial charge in [0.1, 0.15) is 11.9 Å². The van der Waals surface area contributed by atoms with Crippen LogP contribution >= 0.6 is 0 Å². The van der Waals surface area contributed by atoms with Crippen molar-refractivity contribution in [3.63, 3.8) is 0 Å². The van der Waals surface area contributed by atoms with E-state index in [1.807, 2.05) is 60.1 Å². The Hall–Kier alpha value is -3.34. The number of fused-ring (bicyclic) bond motifs is 1. The Morgan fingerprint density at radius 3 is 2.96 bits per heavy atom. The lowest BCUT2D eigenvalue weighted by atomic mass is 10.1. The van der Waals surface area contributed by atoms with Gasteiger partial charge < -0.3 is 14.1 Å². The number of anilines is 1. The highest BCUT2D eigenvalue weighted by Crippen LogP contribution is 2.23. The maximum Gasteiger partial charge on any atom is 0.258 e. The summed E-state index contributed by atoms with van der Waals surface area (Å²) in [6, 6.07) is 13.3. The normalized spacial score (nSPS) is 10.9. The average molecular weight is 317 g/mol. The molecule has 0 radical (unpaired) electrons. The summed E-state index contributed by atoms with van der Waals surface area (Å²) in [6.45, 7) is 2.04. The molecule has 24 heavy (non-hydrogen) atoms. The van der Waals surface area contributed by atoms with E-state index < -0.39 is 0 Å². The van der Waals surface area contributed by atoms with E-state index in [2.05, 4.69) is 10.3 Å². The molecular weight excluding hydrogens is 302 g/mol. The van der Waals surface area contributed by atoms with Gasteiger partial charge in [0, 0.05) is 23.6 Å². The Bertz CT molecular complexity index is 1020. The number of carbonyl (C=O) groups is 1. The van der Waals surface area contributed by atoms with Crippen molar-refractivity contribution in [2.75, 3.05) is 5.32 Å². The summed E-state index contributed by atoms with van der Waals surface area (Å²) in [6.07, 6.45) is 6.87. The Labute approximate surface area is 138 Å². The van der Waals surface area contributed by atoms with E-state index in [9.17, 15) is 4.79 Å². The molecule has 0 aliphatic carbocycles. The molecule has 118 valence electrons. The second kappa shape index (κ2) is 5.70. The summed E-state index contributed by atoms with van der Waals surface area (Å²) in [5, 5.41) is 2.86. The number of furan rings is 1. The van der Waals surface area contributed by atoms with E-state index in [0.29, 0.717) is 11.3 Å². The van der Waals surface area contributed by atoms with Gasteiger partial charge in [0.15, 0.2) is 0 Å². The third-order valence-electron chi connectivity index (χ3n) is 3.82. The number of rotatable bonds is 3. The molecule has 5 heteroatoms. The molecule has 0 aliphatic rings. The van der Waals surface area contributed by atoms with Crippen molar-refractivity contribution in [1.82, 2.24) is 9.38 Å². The molecule has 0 spiro atoms. The third-order valence-corrected chi connectivity index (χ3v) is 3.82. The molecule has 1 aromatic carbocycles. The number of carbonyl (C=O) groups excluding carboxylic acids is 1. The summed E-state index contributed by atoms with van der Waals surface area (Å²) < 4.78 is 6.92. The fraction of sp³-hybridized carbons (Fsp3) is 0.0526. The zero-order valence-corrected chi connectivity index (χ0v) is 13.1. The van der Waals surface area contributed by atoms with E-state index >= 15 is 0 Å². The first-order chi connectivity index (χ1) is 11.7. The summed E-state index contributed by atoms with van der Waals surface area (Å²) in [5.41, 5.74) is 5.08. The first-order valence-corrected chi connectivity index (χ1v) is 7.58. The molecule has 0 saturated carbocycles. The van der Waals surface area contributed by atoms with Gasteiger partial charge in [0.2, 0.25) is 0 Å². The molecule has 1 N–H and O–H groups in total. The number of hydrogen-bond acceptors (Lipinski definition) is 3. The SMILES string of the molecule is Cc1ccn2cc(-c3cccc(NC(=O)c4ccoc4)c3)nc2c1. The predicted octanol–water partition coefficient (Wildman–Crippen LogP) is 4.16. The number of nitrogens with one attached hydrogen (secondary N) is 1. The van der Waals surface area contributed by atoms with Gasteiger partial charge in [-0.1, -0.05) is 12.1 Å². The van der Waals surface area contributed by atoms with Crippen molar-refractivity contribution < 1.29 is 9.21 Å². The first kappa shape index (κ1) is 14.3. The Balaban J connectivity index is 1.65. The van der Waals surface area contributed by atoms with Crippen LogP contribution in [0.4, 0.5) is 5.69 Å². The van der Waals surface area contributed by atoms with Crippen molar-refractivity contribution in [3.8, 4) is 11.3 Å². The lowest BCUT2D eigenvalue weighted by molar-refractivity contribution is 0.102. The molecule has 0 atom stereocenters. The van der Waals surface area contributed by atoms with Crippen LogP contribution in [0.1, 0.15) is 15.9 Å². The molecule has 5 nitrogen and oxygen atoms in total. The Kier molecular flexibility index (Phi) is 3.39. The van der Waals surface area contributed by atoms with Crippen LogP contribution in [0.15, 0.2) is 71.8 Å². The predicted molar refractivity (Wildman–Crippen MR) is 92.0 cm³/mol. The summed E-state index contributed by atoms with van der Waals surface area (Å²) in [4.78, 5) is 16.8. The topological polar surface area (TPSA) is 59.5 Å². The van der Waals surface area contributed by atoms with E-state index in [1.165, 1.54) is 18.1 Å². The standard InChI is InChI=1S/C19H15N3O2/c1-13-5-7-22-11-17(21-18(22)9-13)14-3-2-4-16(10-14)20-19(23)15-6-8-24-12-15/h2-12H,1H3,(H,20,23). The number of aromatic nitrogens is 2. The van der Waals surface area contributed by atoms with Crippen LogP contribution in [0.25, 0.3) is 16.9 Å².